The van der Waals surface area contributed by atoms with Crippen LogP contribution in [-0.4, -0.2) is 32.7 Å². The zero-order valence-corrected chi connectivity index (χ0v) is 22.8. The van der Waals surface area contributed by atoms with Crippen LogP contribution < -0.4 is 16.4 Å². The Morgan fingerprint density at radius 1 is 1.02 bits per heavy atom. The lowest BCUT2D eigenvalue weighted by atomic mass is 9.84. The Labute approximate surface area is 241 Å². The summed E-state index contributed by atoms with van der Waals surface area (Å²) in [6, 6.07) is 22.7. The van der Waals surface area contributed by atoms with Gasteiger partial charge in [-0.25, -0.2) is 9.37 Å². The molecule has 0 saturated heterocycles. The van der Waals surface area contributed by atoms with Crippen molar-refractivity contribution < 1.29 is 18.4 Å². The lowest BCUT2D eigenvalue weighted by Gasteiger charge is -2.23. The molecule has 1 saturated carbocycles. The summed E-state index contributed by atoms with van der Waals surface area (Å²) < 4.78 is 20.1. The standard InChI is InChI=1S/C32H31FN6O3/c33-23-14-5-4-11-22(23)26-18-35-30(36-26)29(34)39-31(41)25(38-32-37-24-15-6-7-16-28(24)42-32)17-27(40)21-13-8-12-20(21)19-9-2-1-3-10-19/h1-7,9-11,14-16,18,20-21,25,29H,8,12-13,17,34H2,(H,35,36)(H,37,38)(H,39,41)/t20-,21?,25+,29-/m1/s1. The van der Waals surface area contributed by atoms with Gasteiger partial charge in [-0.3, -0.25) is 9.59 Å². The average molecular weight is 567 g/mol. The molecule has 214 valence electrons. The Kier molecular flexibility index (Phi) is 7.78. The molecule has 1 aliphatic carbocycles. The Morgan fingerprint density at radius 2 is 1.79 bits per heavy atom. The summed E-state index contributed by atoms with van der Waals surface area (Å²) in [7, 11) is 0. The second kappa shape index (κ2) is 12.0. The number of halogens is 1. The second-order valence-electron chi connectivity index (χ2n) is 10.6. The van der Waals surface area contributed by atoms with Gasteiger partial charge in [0.1, 0.15) is 35.1 Å². The summed E-state index contributed by atoms with van der Waals surface area (Å²) >= 11 is 0. The lowest BCUT2D eigenvalue weighted by Crippen LogP contribution is -2.45. The summed E-state index contributed by atoms with van der Waals surface area (Å²) in [4.78, 5) is 39.0. The molecular weight excluding hydrogens is 535 g/mol. The normalized spacial score (nSPS) is 18.0. The Hall–Kier alpha value is -4.83. The number of fused-ring (bicyclic) bond motifs is 1. The van der Waals surface area contributed by atoms with Crippen LogP contribution in [0.1, 0.15) is 49.2 Å². The summed E-state index contributed by atoms with van der Waals surface area (Å²) in [5.41, 5.74) is 9.37. The second-order valence-corrected chi connectivity index (χ2v) is 10.6. The number of ketones is 1. The number of hydrogen-bond acceptors (Lipinski definition) is 7. The fraction of sp³-hybridized carbons (Fsp3) is 0.250. The lowest BCUT2D eigenvalue weighted by molar-refractivity contribution is -0.128. The van der Waals surface area contributed by atoms with Crippen molar-refractivity contribution in [1.82, 2.24) is 20.3 Å². The van der Waals surface area contributed by atoms with Gasteiger partial charge in [-0.2, -0.15) is 4.98 Å². The topological polar surface area (TPSA) is 139 Å². The molecule has 1 aliphatic rings. The molecule has 1 unspecified atom stereocenters. The summed E-state index contributed by atoms with van der Waals surface area (Å²) in [5.74, 6) is -0.792. The molecule has 1 fully saturated rings. The van der Waals surface area contributed by atoms with E-state index in [2.05, 4.69) is 37.7 Å². The first-order valence-electron chi connectivity index (χ1n) is 14.0. The first-order valence-corrected chi connectivity index (χ1v) is 14.0. The van der Waals surface area contributed by atoms with Crippen LogP contribution in [0.4, 0.5) is 10.4 Å². The number of anilines is 1. The molecule has 6 rings (SSSR count). The maximum Gasteiger partial charge on any atom is 0.296 e. The van der Waals surface area contributed by atoms with Gasteiger partial charge in [0, 0.05) is 17.9 Å². The zero-order chi connectivity index (χ0) is 29.1. The molecule has 0 spiro atoms. The highest BCUT2D eigenvalue weighted by atomic mass is 19.1. The number of hydrogen-bond donors (Lipinski definition) is 4. The summed E-state index contributed by atoms with van der Waals surface area (Å²) in [6.45, 7) is 0. The maximum absolute atomic E-state index is 14.3. The Morgan fingerprint density at radius 3 is 2.60 bits per heavy atom. The van der Waals surface area contributed by atoms with Gasteiger partial charge in [0.15, 0.2) is 5.58 Å². The molecule has 9 nitrogen and oxygen atoms in total. The molecule has 10 heteroatoms. The minimum absolute atomic E-state index is 0.0153. The molecule has 5 aromatic rings. The largest absolute Gasteiger partial charge is 0.424 e. The smallest absolute Gasteiger partial charge is 0.296 e. The van der Waals surface area contributed by atoms with E-state index < -0.39 is 23.9 Å². The van der Waals surface area contributed by atoms with E-state index in [-0.39, 0.29) is 35.9 Å². The van der Waals surface area contributed by atoms with E-state index in [0.29, 0.717) is 22.4 Å². The Bertz CT molecular complexity index is 1670. The number of aromatic nitrogens is 3. The van der Waals surface area contributed by atoms with Gasteiger partial charge in [-0.15, -0.1) is 0 Å². The maximum atomic E-state index is 14.3. The van der Waals surface area contributed by atoms with Crippen LogP contribution in [0, 0.1) is 11.7 Å². The number of imidazole rings is 1. The molecule has 4 atom stereocenters. The molecular formula is C32H31FN6O3. The highest BCUT2D eigenvalue weighted by Gasteiger charge is 2.36. The SMILES string of the molecule is N[C@H](NC(=O)[C@H](CC(=O)C1CCC[C@@H]1c1ccccc1)Nc1nc2ccccc2o1)c1ncc(-c2ccccc2F)[nH]1. The molecule has 3 aromatic carbocycles. The van der Waals surface area contributed by atoms with Gasteiger partial charge in [-0.05, 0) is 48.6 Å². The number of para-hydroxylation sites is 2. The number of Topliss-reactive ketones (excluding diaryl/α,β-unsaturated/α-hetero) is 1. The number of amides is 1. The van der Waals surface area contributed by atoms with Crippen molar-refractivity contribution in [2.45, 2.75) is 43.8 Å². The molecule has 0 bridgehead atoms. The minimum Gasteiger partial charge on any atom is -0.424 e. The van der Waals surface area contributed by atoms with Gasteiger partial charge < -0.3 is 25.8 Å². The summed E-state index contributed by atoms with van der Waals surface area (Å²) in [5, 5.41) is 5.76. The predicted octanol–water partition coefficient (Wildman–Crippen LogP) is 5.45. The van der Waals surface area contributed by atoms with E-state index in [4.69, 9.17) is 10.2 Å². The first-order chi connectivity index (χ1) is 20.5. The fourth-order valence-electron chi connectivity index (χ4n) is 5.72. The molecule has 0 aliphatic heterocycles. The highest BCUT2D eigenvalue weighted by molar-refractivity contribution is 5.92. The number of rotatable bonds is 10. The van der Waals surface area contributed by atoms with Crippen molar-refractivity contribution in [3.8, 4) is 11.3 Å². The van der Waals surface area contributed by atoms with Gasteiger partial charge in [0.05, 0.1) is 11.9 Å². The molecule has 2 aromatic heterocycles. The van der Waals surface area contributed by atoms with Gasteiger partial charge >= 0.3 is 0 Å². The molecule has 1 amide bonds. The number of nitrogens with two attached hydrogens (primary N) is 1. The van der Waals surface area contributed by atoms with Crippen LogP contribution in [0.15, 0.2) is 89.5 Å². The van der Waals surface area contributed by atoms with Crippen molar-refractivity contribution in [2.75, 3.05) is 5.32 Å². The molecule has 0 radical (unpaired) electrons. The Balaban J connectivity index is 1.21. The van der Waals surface area contributed by atoms with E-state index >= 15 is 0 Å². The van der Waals surface area contributed by atoms with Gasteiger partial charge in [-0.1, -0.05) is 61.0 Å². The number of nitrogens with one attached hydrogen (secondary N) is 3. The van der Waals surface area contributed by atoms with Crippen molar-refractivity contribution in [3.05, 3.63) is 102 Å². The van der Waals surface area contributed by atoms with Crippen LogP contribution in [0.3, 0.4) is 0 Å². The number of H-pyrrole nitrogens is 1. The van der Waals surface area contributed by atoms with E-state index in [1.165, 1.54) is 12.3 Å². The number of aromatic amines is 1. The van der Waals surface area contributed by atoms with Crippen LogP contribution in [0.25, 0.3) is 22.4 Å². The van der Waals surface area contributed by atoms with Crippen molar-refractivity contribution >= 4 is 28.8 Å². The third kappa shape index (κ3) is 5.80. The quantitative estimate of drug-likeness (QED) is 0.165. The highest BCUT2D eigenvalue weighted by Crippen LogP contribution is 2.41. The van der Waals surface area contributed by atoms with Gasteiger partial charge in [0.25, 0.3) is 6.01 Å². The van der Waals surface area contributed by atoms with Crippen molar-refractivity contribution in [1.29, 1.82) is 0 Å². The van der Waals surface area contributed by atoms with Crippen LogP contribution in [0.5, 0.6) is 0 Å². The van der Waals surface area contributed by atoms with Crippen LogP contribution >= 0.6 is 0 Å². The van der Waals surface area contributed by atoms with Crippen LogP contribution in [-0.2, 0) is 9.59 Å². The number of benzene rings is 3. The monoisotopic (exact) mass is 566 g/mol. The van der Waals surface area contributed by atoms with Crippen molar-refractivity contribution in [2.24, 2.45) is 11.7 Å². The number of carbonyl (C=O) groups is 2. The average Bonchev–Trinajstić information content (AvgIpc) is 3.77. The minimum atomic E-state index is -1.04. The molecule has 42 heavy (non-hydrogen) atoms. The van der Waals surface area contributed by atoms with E-state index in [1.807, 2.05) is 30.3 Å². The fourth-order valence-corrected chi connectivity index (χ4v) is 5.72. The zero-order valence-electron chi connectivity index (χ0n) is 22.8. The number of carbonyl (C=O) groups excluding carboxylic acids is 2. The van der Waals surface area contributed by atoms with E-state index in [0.717, 1.165) is 24.8 Å². The molecule has 2 heterocycles. The number of oxazole rings is 1. The van der Waals surface area contributed by atoms with E-state index in [1.54, 1.807) is 30.3 Å². The van der Waals surface area contributed by atoms with E-state index in [9.17, 15) is 14.0 Å². The molecule has 5 N–H and O–H groups in total. The van der Waals surface area contributed by atoms with Gasteiger partial charge in [0.2, 0.25) is 5.91 Å². The third-order valence-corrected chi connectivity index (χ3v) is 7.82. The number of nitrogens with zero attached hydrogens (tertiary/aromatic N) is 2. The first kappa shape index (κ1) is 27.3. The van der Waals surface area contributed by atoms with Crippen LogP contribution in [0.2, 0.25) is 0 Å². The third-order valence-electron chi connectivity index (χ3n) is 7.82. The predicted molar refractivity (Wildman–Crippen MR) is 157 cm³/mol. The van der Waals surface area contributed by atoms with Crippen molar-refractivity contribution in [3.63, 3.8) is 0 Å². The summed E-state index contributed by atoms with van der Waals surface area (Å²) in [6.07, 6.45) is 2.97.